The molecule has 2 aliphatic heterocycles. The van der Waals surface area contributed by atoms with Gasteiger partial charge >= 0.3 is 0 Å². The van der Waals surface area contributed by atoms with Crippen LogP contribution in [0.2, 0.25) is 5.02 Å². The van der Waals surface area contributed by atoms with E-state index in [4.69, 9.17) is 11.6 Å². The SMILES string of the molecule is Cl.Cl.[O-][S+](CCC1CCN(Cc2ccc(Cl)cc2)CC1)c1ccc2c(c1)CCN(Cc1ccccc1)CC2. The van der Waals surface area contributed by atoms with Gasteiger partial charge in [-0.3, -0.25) is 9.80 Å². The van der Waals surface area contributed by atoms with Gasteiger partial charge in [-0.1, -0.05) is 60.1 Å². The van der Waals surface area contributed by atoms with Crippen molar-refractivity contribution < 1.29 is 4.55 Å². The molecular weight excluding hydrogens is 555 g/mol. The summed E-state index contributed by atoms with van der Waals surface area (Å²) in [7, 11) is 0. The molecule has 1 fully saturated rings. The second-order valence-corrected chi connectivity index (χ2v) is 12.4. The number of halogens is 3. The number of hydrogen-bond acceptors (Lipinski definition) is 3. The molecule has 0 aromatic heterocycles. The number of nitrogens with zero attached hydrogens (tertiary/aromatic N) is 2. The maximum atomic E-state index is 13.2. The molecule has 7 heteroatoms. The van der Waals surface area contributed by atoms with Crippen molar-refractivity contribution in [1.82, 2.24) is 9.80 Å². The molecule has 38 heavy (non-hydrogen) atoms. The lowest BCUT2D eigenvalue weighted by Crippen LogP contribution is -2.33. The Balaban J connectivity index is 0.00000200. The van der Waals surface area contributed by atoms with Crippen molar-refractivity contribution in [3.8, 4) is 0 Å². The van der Waals surface area contributed by atoms with Gasteiger partial charge in [-0.2, -0.15) is 0 Å². The second-order valence-electron chi connectivity index (χ2n) is 10.4. The number of fused-ring (bicyclic) bond motifs is 1. The number of rotatable bonds is 8. The maximum Gasteiger partial charge on any atom is 0.152 e. The molecule has 0 saturated carbocycles. The van der Waals surface area contributed by atoms with E-state index in [-0.39, 0.29) is 24.8 Å². The highest BCUT2D eigenvalue weighted by molar-refractivity contribution is 7.91. The molecule has 0 bridgehead atoms. The van der Waals surface area contributed by atoms with Crippen molar-refractivity contribution in [1.29, 1.82) is 0 Å². The molecule has 206 valence electrons. The van der Waals surface area contributed by atoms with E-state index in [2.05, 4.69) is 70.5 Å². The van der Waals surface area contributed by atoms with E-state index < -0.39 is 11.2 Å². The van der Waals surface area contributed by atoms with Crippen molar-refractivity contribution in [2.45, 2.75) is 50.1 Å². The first-order valence-electron chi connectivity index (χ1n) is 13.4. The van der Waals surface area contributed by atoms with Crippen molar-refractivity contribution in [2.24, 2.45) is 5.92 Å². The highest BCUT2D eigenvalue weighted by Crippen LogP contribution is 2.26. The molecule has 1 saturated heterocycles. The Bertz CT molecular complexity index is 1110. The molecule has 0 spiro atoms. The topological polar surface area (TPSA) is 29.5 Å². The van der Waals surface area contributed by atoms with Crippen molar-refractivity contribution in [3.05, 3.63) is 100 Å². The van der Waals surface area contributed by atoms with Crippen LogP contribution in [0.25, 0.3) is 0 Å². The number of benzene rings is 3. The summed E-state index contributed by atoms with van der Waals surface area (Å²) in [6.07, 6.45) is 5.57. The molecule has 0 amide bonds. The average molecular weight is 594 g/mol. The van der Waals surface area contributed by atoms with Gasteiger partial charge in [0, 0.05) is 31.2 Å². The van der Waals surface area contributed by atoms with Crippen LogP contribution in [0, 0.1) is 5.92 Å². The Morgan fingerprint density at radius 1 is 0.737 bits per heavy atom. The summed E-state index contributed by atoms with van der Waals surface area (Å²) in [6.45, 7) is 6.39. The molecule has 3 aromatic carbocycles. The van der Waals surface area contributed by atoms with Gasteiger partial charge in [0.1, 0.15) is 5.75 Å². The lowest BCUT2D eigenvalue weighted by atomic mass is 9.94. The normalized spacial score (nSPS) is 17.5. The summed E-state index contributed by atoms with van der Waals surface area (Å²) < 4.78 is 13.2. The van der Waals surface area contributed by atoms with Crippen molar-refractivity contribution in [3.63, 3.8) is 0 Å². The molecule has 3 nitrogen and oxygen atoms in total. The Kier molecular flexibility index (Phi) is 12.8. The van der Waals surface area contributed by atoms with Crippen LogP contribution in [0.1, 0.15) is 41.5 Å². The zero-order chi connectivity index (χ0) is 24.7. The molecule has 1 atom stereocenters. The van der Waals surface area contributed by atoms with Crippen molar-refractivity contribution in [2.75, 3.05) is 31.9 Å². The monoisotopic (exact) mass is 592 g/mol. The summed E-state index contributed by atoms with van der Waals surface area (Å²) in [5.74, 6) is 1.46. The second kappa shape index (κ2) is 15.5. The van der Waals surface area contributed by atoms with Crippen LogP contribution in [-0.4, -0.2) is 46.3 Å². The first-order chi connectivity index (χ1) is 17.6. The van der Waals surface area contributed by atoms with Gasteiger partial charge in [-0.05, 0) is 109 Å². The molecule has 2 heterocycles. The first-order valence-corrected chi connectivity index (χ1v) is 15.1. The minimum absolute atomic E-state index is 0. The molecule has 2 aliphatic rings. The fraction of sp³-hybridized carbons (Fsp3) is 0.419. The van der Waals surface area contributed by atoms with E-state index in [0.717, 1.165) is 74.2 Å². The molecule has 1 unspecified atom stereocenters. The third-order valence-corrected chi connectivity index (χ3v) is 9.46. The van der Waals surface area contributed by atoms with Gasteiger partial charge in [0.2, 0.25) is 0 Å². The van der Waals surface area contributed by atoms with Crippen LogP contribution < -0.4 is 0 Å². The van der Waals surface area contributed by atoms with E-state index in [1.807, 2.05) is 12.1 Å². The molecule has 5 rings (SSSR count). The van der Waals surface area contributed by atoms with Gasteiger partial charge in [-0.15, -0.1) is 24.8 Å². The summed E-state index contributed by atoms with van der Waals surface area (Å²) >= 11 is 5.10. The van der Waals surface area contributed by atoms with Gasteiger partial charge in [0.15, 0.2) is 4.90 Å². The largest absolute Gasteiger partial charge is 0.611 e. The van der Waals surface area contributed by atoms with E-state index in [1.165, 1.54) is 35.1 Å². The fourth-order valence-corrected chi connectivity index (χ4v) is 6.96. The Morgan fingerprint density at radius 2 is 1.34 bits per heavy atom. The van der Waals surface area contributed by atoms with Crippen LogP contribution in [0.4, 0.5) is 0 Å². The molecule has 0 aliphatic carbocycles. The van der Waals surface area contributed by atoms with E-state index >= 15 is 0 Å². The van der Waals surface area contributed by atoms with Gasteiger partial charge in [0.05, 0.1) is 0 Å². The quantitative estimate of drug-likeness (QED) is 0.259. The van der Waals surface area contributed by atoms with Gasteiger partial charge in [-0.25, -0.2) is 0 Å². The summed E-state index contributed by atoms with van der Waals surface area (Å²) in [5.41, 5.74) is 5.53. The minimum atomic E-state index is -0.911. The Morgan fingerprint density at radius 3 is 2.03 bits per heavy atom. The van der Waals surface area contributed by atoms with Crippen LogP contribution >= 0.6 is 36.4 Å². The third kappa shape index (κ3) is 8.89. The average Bonchev–Trinajstić information content (AvgIpc) is 3.12. The zero-order valence-corrected chi connectivity index (χ0v) is 25.1. The lowest BCUT2D eigenvalue weighted by molar-refractivity contribution is 0.175. The van der Waals surface area contributed by atoms with Gasteiger partial charge in [0.25, 0.3) is 0 Å². The maximum absolute atomic E-state index is 13.2. The zero-order valence-electron chi connectivity index (χ0n) is 21.9. The number of likely N-dealkylation sites (tertiary alicyclic amines) is 1. The molecular formula is C31H39Cl3N2OS. The minimum Gasteiger partial charge on any atom is -0.611 e. The highest BCUT2D eigenvalue weighted by Gasteiger charge is 2.23. The molecule has 0 N–H and O–H groups in total. The van der Waals surface area contributed by atoms with E-state index in [0.29, 0.717) is 5.92 Å². The first kappa shape index (κ1) is 31.3. The fourth-order valence-electron chi connectivity index (χ4n) is 5.56. The molecule has 0 radical (unpaired) electrons. The van der Waals surface area contributed by atoms with Crippen LogP contribution in [0.5, 0.6) is 0 Å². The Hall–Kier alpha value is -1.24. The standard InChI is InChI=1S/C31H37ClN2OS.2ClH/c32-30-9-6-27(7-10-30)24-33-17-12-25(13-18-33)16-21-36(35)31-11-8-28-14-19-34(20-15-29(28)22-31)23-26-4-2-1-3-5-26;;/h1-11,22,25H,12-21,23-24H2;2*1H. The van der Waals surface area contributed by atoms with Crippen LogP contribution in [-0.2, 0) is 37.1 Å². The third-order valence-electron chi connectivity index (χ3n) is 7.82. The van der Waals surface area contributed by atoms with Crippen LogP contribution in [0.3, 0.4) is 0 Å². The number of piperidine rings is 1. The number of hydrogen-bond donors (Lipinski definition) is 0. The smallest absolute Gasteiger partial charge is 0.152 e. The summed E-state index contributed by atoms with van der Waals surface area (Å²) in [5, 5.41) is 0.796. The predicted molar refractivity (Wildman–Crippen MR) is 165 cm³/mol. The predicted octanol–water partition coefficient (Wildman–Crippen LogP) is 7.19. The summed E-state index contributed by atoms with van der Waals surface area (Å²) in [4.78, 5) is 6.10. The Labute approximate surface area is 249 Å². The lowest BCUT2D eigenvalue weighted by Gasteiger charge is -2.32. The summed E-state index contributed by atoms with van der Waals surface area (Å²) in [6, 6.07) is 25.5. The molecule has 3 aromatic rings. The van der Waals surface area contributed by atoms with Crippen LogP contribution in [0.15, 0.2) is 77.7 Å². The van der Waals surface area contributed by atoms with Crippen molar-refractivity contribution >= 4 is 47.6 Å². The van der Waals surface area contributed by atoms with E-state index in [9.17, 15) is 4.55 Å². The van der Waals surface area contributed by atoms with Gasteiger partial charge < -0.3 is 4.55 Å². The highest BCUT2D eigenvalue weighted by atomic mass is 35.5. The van der Waals surface area contributed by atoms with E-state index in [1.54, 1.807) is 0 Å².